The van der Waals surface area contributed by atoms with Crippen molar-refractivity contribution < 1.29 is 9.90 Å². The third kappa shape index (κ3) is 2.66. The van der Waals surface area contributed by atoms with E-state index in [0.717, 1.165) is 32.4 Å². The van der Waals surface area contributed by atoms with Crippen LogP contribution in [0.1, 0.15) is 29.8 Å². The van der Waals surface area contributed by atoms with Crippen LogP contribution in [0.25, 0.3) is 0 Å². The van der Waals surface area contributed by atoms with Crippen LogP contribution in [0.5, 0.6) is 0 Å². The molecule has 0 aliphatic carbocycles. The van der Waals surface area contributed by atoms with Crippen LogP contribution in [0.2, 0.25) is 0 Å². The highest BCUT2D eigenvalue weighted by Gasteiger charge is 2.25. The number of aryl methyl sites for hydroxylation is 1. The Bertz CT molecular complexity index is 387. The number of imidazole rings is 1. The molecular formula is C12H19N3O2. The monoisotopic (exact) mass is 237 g/mol. The number of nitrogens with zero attached hydrogens (tertiary/aromatic N) is 3. The second-order valence-corrected chi connectivity index (χ2v) is 4.66. The number of aromatic nitrogens is 2. The Morgan fingerprint density at radius 2 is 2.47 bits per heavy atom. The number of carbonyl (C=O) groups is 1. The second kappa shape index (κ2) is 5.31. The van der Waals surface area contributed by atoms with Gasteiger partial charge in [-0.1, -0.05) is 0 Å². The van der Waals surface area contributed by atoms with Crippen molar-refractivity contribution in [2.24, 2.45) is 13.0 Å². The Labute approximate surface area is 101 Å². The minimum Gasteiger partial charge on any atom is -0.396 e. The molecule has 5 heteroatoms. The summed E-state index contributed by atoms with van der Waals surface area (Å²) in [6.45, 7) is 1.77. The lowest BCUT2D eigenvalue weighted by Crippen LogP contribution is -2.40. The van der Waals surface area contributed by atoms with Crippen LogP contribution >= 0.6 is 0 Å². The summed E-state index contributed by atoms with van der Waals surface area (Å²) in [4.78, 5) is 18.1. The quantitative estimate of drug-likeness (QED) is 0.840. The molecule has 0 saturated carbocycles. The van der Waals surface area contributed by atoms with Gasteiger partial charge in [-0.15, -0.1) is 0 Å². The Hall–Kier alpha value is -1.36. The molecule has 1 amide bonds. The van der Waals surface area contributed by atoms with Crippen molar-refractivity contribution >= 4 is 5.91 Å². The molecule has 17 heavy (non-hydrogen) atoms. The number of hydrogen-bond acceptors (Lipinski definition) is 3. The van der Waals surface area contributed by atoms with Gasteiger partial charge in [-0.3, -0.25) is 4.79 Å². The highest BCUT2D eigenvalue weighted by molar-refractivity contribution is 5.92. The van der Waals surface area contributed by atoms with E-state index in [0.29, 0.717) is 11.6 Å². The van der Waals surface area contributed by atoms with Crippen LogP contribution in [-0.2, 0) is 7.05 Å². The lowest BCUT2D eigenvalue weighted by molar-refractivity contribution is 0.0644. The third-order valence-corrected chi connectivity index (χ3v) is 3.38. The zero-order chi connectivity index (χ0) is 12.3. The second-order valence-electron chi connectivity index (χ2n) is 4.66. The van der Waals surface area contributed by atoms with Crippen molar-refractivity contribution in [1.82, 2.24) is 14.5 Å². The van der Waals surface area contributed by atoms with Crippen molar-refractivity contribution in [1.29, 1.82) is 0 Å². The van der Waals surface area contributed by atoms with E-state index in [2.05, 4.69) is 4.98 Å². The molecule has 94 valence electrons. The first-order valence-corrected chi connectivity index (χ1v) is 6.09. The summed E-state index contributed by atoms with van der Waals surface area (Å²) >= 11 is 0. The van der Waals surface area contributed by atoms with Gasteiger partial charge in [-0.25, -0.2) is 4.98 Å². The van der Waals surface area contributed by atoms with Gasteiger partial charge in [0.1, 0.15) is 5.69 Å². The molecule has 5 nitrogen and oxygen atoms in total. The maximum atomic E-state index is 12.2. The minimum absolute atomic E-state index is 0.0487. The number of hydrogen-bond donors (Lipinski definition) is 1. The van der Waals surface area contributed by atoms with Gasteiger partial charge in [0, 0.05) is 26.7 Å². The highest BCUT2D eigenvalue weighted by atomic mass is 16.3. The van der Waals surface area contributed by atoms with Gasteiger partial charge in [-0.05, 0) is 25.2 Å². The fourth-order valence-corrected chi connectivity index (χ4v) is 2.39. The zero-order valence-corrected chi connectivity index (χ0v) is 10.2. The van der Waals surface area contributed by atoms with Gasteiger partial charge in [0.05, 0.1) is 12.5 Å². The van der Waals surface area contributed by atoms with Crippen molar-refractivity contribution in [3.05, 3.63) is 18.2 Å². The molecule has 1 aliphatic heterocycles. The number of amides is 1. The van der Waals surface area contributed by atoms with Crippen molar-refractivity contribution in [2.45, 2.75) is 19.3 Å². The standard InChI is InChI=1S/C12H19N3O2/c1-14-9-13-7-11(14)12(17)15-5-2-3-10(8-15)4-6-16/h7,9-10,16H,2-6,8H2,1H3. The van der Waals surface area contributed by atoms with Gasteiger partial charge in [0.15, 0.2) is 0 Å². The molecule has 1 aliphatic rings. The fraction of sp³-hybridized carbons (Fsp3) is 0.667. The summed E-state index contributed by atoms with van der Waals surface area (Å²) in [7, 11) is 1.83. The van der Waals surface area contributed by atoms with Gasteiger partial charge in [0.2, 0.25) is 0 Å². The molecule has 0 spiro atoms. The summed E-state index contributed by atoms with van der Waals surface area (Å²) in [6, 6.07) is 0. The van der Waals surface area contributed by atoms with Gasteiger partial charge < -0.3 is 14.6 Å². The molecule has 1 unspecified atom stereocenters. The molecule has 0 radical (unpaired) electrons. The Morgan fingerprint density at radius 3 is 3.12 bits per heavy atom. The summed E-state index contributed by atoms with van der Waals surface area (Å²) in [5.41, 5.74) is 0.634. The van der Waals surface area contributed by atoms with E-state index >= 15 is 0 Å². The van der Waals surface area contributed by atoms with E-state index in [1.54, 1.807) is 17.1 Å². The van der Waals surface area contributed by atoms with Gasteiger partial charge in [-0.2, -0.15) is 0 Å². The van der Waals surface area contributed by atoms with E-state index in [4.69, 9.17) is 5.11 Å². The van der Waals surface area contributed by atoms with Crippen molar-refractivity contribution in [3.8, 4) is 0 Å². The van der Waals surface area contributed by atoms with Crippen LogP contribution in [0.4, 0.5) is 0 Å². The van der Waals surface area contributed by atoms with E-state index < -0.39 is 0 Å². The van der Waals surface area contributed by atoms with Crippen LogP contribution < -0.4 is 0 Å². The summed E-state index contributed by atoms with van der Waals surface area (Å²) in [5.74, 6) is 0.485. The molecule has 1 aromatic heterocycles. The van der Waals surface area contributed by atoms with Gasteiger partial charge in [0.25, 0.3) is 5.91 Å². The smallest absolute Gasteiger partial charge is 0.272 e. The lowest BCUT2D eigenvalue weighted by atomic mass is 9.95. The minimum atomic E-state index is 0.0487. The molecule has 1 atom stereocenters. The summed E-state index contributed by atoms with van der Waals surface area (Å²) in [5, 5.41) is 8.95. The number of rotatable bonds is 3. The van der Waals surface area contributed by atoms with Crippen LogP contribution in [0.15, 0.2) is 12.5 Å². The summed E-state index contributed by atoms with van der Waals surface area (Å²) < 4.78 is 1.75. The highest BCUT2D eigenvalue weighted by Crippen LogP contribution is 2.20. The molecule has 0 aromatic carbocycles. The predicted octanol–water partition coefficient (Wildman–Crippen LogP) is 0.655. The predicted molar refractivity (Wildman–Crippen MR) is 63.5 cm³/mol. The maximum Gasteiger partial charge on any atom is 0.272 e. The number of carbonyl (C=O) groups excluding carboxylic acids is 1. The lowest BCUT2D eigenvalue weighted by Gasteiger charge is -2.32. The zero-order valence-electron chi connectivity index (χ0n) is 10.2. The molecular weight excluding hydrogens is 218 g/mol. The Kier molecular flexibility index (Phi) is 3.78. The van der Waals surface area contributed by atoms with E-state index in [9.17, 15) is 4.79 Å². The van der Waals surface area contributed by atoms with E-state index in [1.165, 1.54) is 0 Å². The Balaban J connectivity index is 2.02. The first-order chi connectivity index (χ1) is 8.22. The summed E-state index contributed by atoms with van der Waals surface area (Å²) in [6.07, 6.45) is 6.17. The maximum absolute atomic E-state index is 12.2. The normalized spacial score (nSPS) is 20.6. The van der Waals surface area contributed by atoms with Crippen molar-refractivity contribution in [3.63, 3.8) is 0 Å². The number of aliphatic hydroxyl groups excluding tert-OH is 1. The SMILES string of the molecule is Cn1cncc1C(=O)N1CCCC(CCO)C1. The Morgan fingerprint density at radius 1 is 1.65 bits per heavy atom. The molecule has 1 aromatic rings. The molecule has 0 bridgehead atoms. The molecule has 2 rings (SSSR count). The van der Waals surface area contributed by atoms with Crippen LogP contribution in [0.3, 0.4) is 0 Å². The average Bonchev–Trinajstić information content (AvgIpc) is 2.75. The molecule has 1 N–H and O–H groups in total. The number of likely N-dealkylation sites (tertiary alicyclic amines) is 1. The number of aliphatic hydroxyl groups is 1. The van der Waals surface area contributed by atoms with Crippen molar-refractivity contribution in [2.75, 3.05) is 19.7 Å². The topological polar surface area (TPSA) is 58.4 Å². The first kappa shape index (κ1) is 12.1. The van der Waals surface area contributed by atoms with Crippen LogP contribution in [0, 0.1) is 5.92 Å². The fourth-order valence-electron chi connectivity index (χ4n) is 2.39. The largest absolute Gasteiger partial charge is 0.396 e. The molecule has 2 heterocycles. The third-order valence-electron chi connectivity index (χ3n) is 3.38. The molecule has 1 saturated heterocycles. The van der Waals surface area contributed by atoms with E-state index in [-0.39, 0.29) is 12.5 Å². The first-order valence-electron chi connectivity index (χ1n) is 6.09. The van der Waals surface area contributed by atoms with Gasteiger partial charge >= 0.3 is 0 Å². The van der Waals surface area contributed by atoms with Crippen LogP contribution in [-0.4, -0.2) is 45.2 Å². The van der Waals surface area contributed by atoms with E-state index in [1.807, 2.05) is 11.9 Å². The average molecular weight is 237 g/mol. The molecule has 1 fully saturated rings. The number of piperidine rings is 1.